The molecule has 0 unspecified atom stereocenters. The van der Waals surface area contributed by atoms with Crippen molar-refractivity contribution in [3.8, 4) is 5.75 Å². The number of unbranched alkanes of at least 4 members (excludes halogenated alkanes) is 10. The van der Waals surface area contributed by atoms with Gasteiger partial charge in [-0.25, -0.2) is 0 Å². The van der Waals surface area contributed by atoms with Crippen molar-refractivity contribution in [2.45, 2.75) is 90.4 Å². The van der Waals surface area contributed by atoms with E-state index in [4.69, 9.17) is 9.47 Å². The van der Waals surface area contributed by atoms with Crippen molar-refractivity contribution < 1.29 is 14.3 Å². The molecule has 0 atom stereocenters. The predicted octanol–water partition coefficient (Wildman–Crippen LogP) is 7.04. The summed E-state index contributed by atoms with van der Waals surface area (Å²) in [6.07, 6.45) is 20.4. The lowest BCUT2D eigenvalue weighted by Crippen LogP contribution is -2.07. The molecule has 0 aliphatic carbocycles. The molecule has 3 nitrogen and oxygen atoms in total. The molecule has 0 bridgehead atoms. The zero-order valence-electron chi connectivity index (χ0n) is 18.1. The molecular weight excluding hydrogens is 348 g/mol. The van der Waals surface area contributed by atoms with E-state index in [0.29, 0.717) is 6.61 Å². The van der Waals surface area contributed by atoms with E-state index in [2.05, 4.69) is 19.1 Å². The standard InChI is InChI=1S/C25H40O3/c1-3-4-5-6-7-8-9-10-11-12-13-14-15-18-21-28-24-20-17-16-19-23(24)22-25(26)27-2/h8-9,16-17,19-20H,3-7,10-15,18,21-22H2,1-2H3/b9-8-. The lowest BCUT2D eigenvalue weighted by Gasteiger charge is -2.10. The third-order valence-corrected chi connectivity index (χ3v) is 4.95. The van der Waals surface area contributed by atoms with Crippen LogP contribution in [-0.2, 0) is 16.0 Å². The monoisotopic (exact) mass is 388 g/mol. The average molecular weight is 389 g/mol. The summed E-state index contributed by atoms with van der Waals surface area (Å²) in [4.78, 5) is 11.5. The van der Waals surface area contributed by atoms with Crippen LogP contribution in [-0.4, -0.2) is 19.7 Å². The zero-order valence-corrected chi connectivity index (χ0v) is 18.1. The number of hydrogen-bond donors (Lipinski definition) is 0. The van der Waals surface area contributed by atoms with E-state index in [0.717, 1.165) is 17.7 Å². The van der Waals surface area contributed by atoms with Gasteiger partial charge in [-0.15, -0.1) is 0 Å². The largest absolute Gasteiger partial charge is 0.493 e. The molecule has 158 valence electrons. The Morgan fingerprint density at radius 2 is 1.46 bits per heavy atom. The molecule has 0 N–H and O–H groups in total. The molecule has 0 saturated heterocycles. The summed E-state index contributed by atoms with van der Waals surface area (Å²) in [6.45, 7) is 2.97. The maximum Gasteiger partial charge on any atom is 0.310 e. The summed E-state index contributed by atoms with van der Waals surface area (Å²) in [7, 11) is 1.41. The minimum atomic E-state index is -0.234. The van der Waals surface area contributed by atoms with Crippen LogP contribution in [0.2, 0.25) is 0 Å². The van der Waals surface area contributed by atoms with Crippen LogP contribution in [0.25, 0.3) is 0 Å². The Bertz CT molecular complexity index is 536. The quantitative estimate of drug-likeness (QED) is 0.163. The van der Waals surface area contributed by atoms with Crippen molar-refractivity contribution in [2.24, 2.45) is 0 Å². The van der Waals surface area contributed by atoms with Crippen molar-refractivity contribution in [2.75, 3.05) is 13.7 Å². The number of benzene rings is 1. The van der Waals surface area contributed by atoms with Crippen molar-refractivity contribution in [1.82, 2.24) is 0 Å². The molecule has 0 aliphatic rings. The average Bonchev–Trinajstić information content (AvgIpc) is 2.72. The molecule has 1 aromatic rings. The van der Waals surface area contributed by atoms with Crippen LogP contribution in [0.1, 0.15) is 89.5 Å². The summed E-state index contributed by atoms with van der Waals surface area (Å²) in [5.41, 5.74) is 0.896. The van der Waals surface area contributed by atoms with Gasteiger partial charge in [-0.05, 0) is 38.2 Å². The highest BCUT2D eigenvalue weighted by atomic mass is 16.5. The SMILES string of the molecule is CCCCCC/C=C\CCCCCCCCOc1ccccc1CC(=O)OC. The van der Waals surface area contributed by atoms with Gasteiger partial charge in [-0.3, -0.25) is 4.79 Å². The second kappa shape index (κ2) is 17.3. The fraction of sp³-hybridized carbons (Fsp3) is 0.640. The fourth-order valence-electron chi connectivity index (χ4n) is 3.20. The van der Waals surface area contributed by atoms with Gasteiger partial charge in [0.05, 0.1) is 20.1 Å². The Hall–Kier alpha value is -1.77. The third-order valence-electron chi connectivity index (χ3n) is 4.95. The van der Waals surface area contributed by atoms with E-state index >= 15 is 0 Å². The first-order chi connectivity index (χ1) is 13.8. The van der Waals surface area contributed by atoms with Gasteiger partial charge < -0.3 is 9.47 Å². The molecule has 0 fully saturated rings. The number of rotatable bonds is 17. The van der Waals surface area contributed by atoms with Gasteiger partial charge in [0.1, 0.15) is 5.75 Å². The first kappa shape index (κ1) is 24.3. The van der Waals surface area contributed by atoms with E-state index in [1.807, 2.05) is 24.3 Å². The smallest absolute Gasteiger partial charge is 0.310 e. The van der Waals surface area contributed by atoms with Crippen LogP contribution < -0.4 is 4.74 Å². The minimum Gasteiger partial charge on any atom is -0.493 e. The minimum absolute atomic E-state index is 0.234. The van der Waals surface area contributed by atoms with Crippen LogP contribution >= 0.6 is 0 Å². The molecule has 0 heterocycles. The highest BCUT2D eigenvalue weighted by molar-refractivity contribution is 5.73. The van der Waals surface area contributed by atoms with Crippen LogP contribution in [0.4, 0.5) is 0 Å². The molecule has 28 heavy (non-hydrogen) atoms. The number of para-hydroxylation sites is 1. The highest BCUT2D eigenvalue weighted by Crippen LogP contribution is 2.19. The Kier molecular flexibility index (Phi) is 15.0. The molecule has 1 rings (SSSR count). The zero-order chi connectivity index (χ0) is 20.3. The third kappa shape index (κ3) is 12.6. The van der Waals surface area contributed by atoms with E-state index in [-0.39, 0.29) is 12.4 Å². The Morgan fingerprint density at radius 1 is 0.857 bits per heavy atom. The number of ether oxygens (including phenoxy) is 2. The lowest BCUT2D eigenvalue weighted by molar-refractivity contribution is -0.139. The highest BCUT2D eigenvalue weighted by Gasteiger charge is 2.08. The molecule has 0 amide bonds. The maximum absolute atomic E-state index is 11.5. The Balaban J connectivity index is 1.98. The number of methoxy groups -OCH3 is 1. The van der Waals surface area contributed by atoms with Gasteiger partial charge in [0.25, 0.3) is 0 Å². The predicted molar refractivity (Wildman–Crippen MR) is 118 cm³/mol. The van der Waals surface area contributed by atoms with Gasteiger partial charge >= 0.3 is 5.97 Å². The van der Waals surface area contributed by atoms with Crippen molar-refractivity contribution in [3.05, 3.63) is 42.0 Å². The number of carbonyl (C=O) groups excluding carboxylic acids is 1. The van der Waals surface area contributed by atoms with E-state index in [1.165, 1.54) is 77.7 Å². The van der Waals surface area contributed by atoms with Gasteiger partial charge in [0.15, 0.2) is 0 Å². The molecular formula is C25H40O3. The number of carbonyl (C=O) groups is 1. The van der Waals surface area contributed by atoms with Crippen molar-refractivity contribution in [3.63, 3.8) is 0 Å². The summed E-state index contributed by atoms with van der Waals surface area (Å²) in [5.74, 6) is 0.566. The summed E-state index contributed by atoms with van der Waals surface area (Å²) >= 11 is 0. The van der Waals surface area contributed by atoms with Gasteiger partial charge in [0.2, 0.25) is 0 Å². The fourth-order valence-corrected chi connectivity index (χ4v) is 3.20. The molecule has 0 aromatic heterocycles. The first-order valence-electron chi connectivity index (χ1n) is 11.2. The topological polar surface area (TPSA) is 35.5 Å². The van der Waals surface area contributed by atoms with Crippen LogP contribution in [0.5, 0.6) is 5.75 Å². The Labute approximate surface area is 172 Å². The van der Waals surface area contributed by atoms with Gasteiger partial charge in [0, 0.05) is 5.56 Å². The molecule has 0 radical (unpaired) electrons. The normalized spacial score (nSPS) is 11.1. The second-order valence-electron chi connectivity index (χ2n) is 7.44. The number of allylic oxidation sites excluding steroid dienone is 2. The van der Waals surface area contributed by atoms with Crippen LogP contribution in [0.3, 0.4) is 0 Å². The molecule has 0 aliphatic heterocycles. The van der Waals surface area contributed by atoms with Gasteiger partial charge in [-0.2, -0.15) is 0 Å². The van der Waals surface area contributed by atoms with E-state index in [1.54, 1.807) is 0 Å². The van der Waals surface area contributed by atoms with E-state index in [9.17, 15) is 4.79 Å². The molecule has 1 aromatic carbocycles. The maximum atomic E-state index is 11.5. The van der Waals surface area contributed by atoms with Crippen molar-refractivity contribution >= 4 is 5.97 Å². The first-order valence-corrected chi connectivity index (χ1v) is 11.2. The summed E-state index contributed by atoms with van der Waals surface area (Å²) in [6, 6.07) is 7.71. The molecule has 0 spiro atoms. The molecule has 0 saturated carbocycles. The number of hydrogen-bond acceptors (Lipinski definition) is 3. The summed E-state index contributed by atoms with van der Waals surface area (Å²) in [5, 5.41) is 0. The lowest BCUT2D eigenvalue weighted by atomic mass is 10.1. The van der Waals surface area contributed by atoms with Crippen LogP contribution in [0.15, 0.2) is 36.4 Å². The number of esters is 1. The molecule has 3 heteroatoms. The van der Waals surface area contributed by atoms with Gasteiger partial charge in [-0.1, -0.05) is 82.2 Å². The van der Waals surface area contributed by atoms with E-state index < -0.39 is 0 Å². The van der Waals surface area contributed by atoms with Crippen LogP contribution in [0, 0.1) is 0 Å². The van der Waals surface area contributed by atoms with Crippen molar-refractivity contribution in [1.29, 1.82) is 0 Å². The summed E-state index contributed by atoms with van der Waals surface area (Å²) < 4.78 is 10.6. The second-order valence-corrected chi connectivity index (χ2v) is 7.44. The Morgan fingerprint density at radius 3 is 2.14 bits per heavy atom.